The monoisotopic (exact) mass is 339 g/mol. The van der Waals surface area contributed by atoms with Gasteiger partial charge in [0.25, 0.3) is 5.91 Å². The average Bonchev–Trinajstić information content (AvgIpc) is 3.34. The molecule has 25 heavy (non-hydrogen) atoms. The van der Waals surface area contributed by atoms with Gasteiger partial charge in [-0.1, -0.05) is 5.16 Å². The van der Waals surface area contributed by atoms with E-state index in [0.717, 1.165) is 5.52 Å². The van der Waals surface area contributed by atoms with Gasteiger partial charge in [-0.2, -0.15) is 4.98 Å². The van der Waals surface area contributed by atoms with Crippen LogP contribution in [0.4, 0.5) is 0 Å². The third-order valence-corrected chi connectivity index (χ3v) is 3.78. The zero-order chi connectivity index (χ0) is 17.4. The van der Waals surface area contributed by atoms with Crippen LogP contribution in [0.2, 0.25) is 0 Å². The highest BCUT2D eigenvalue weighted by Crippen LogP contribution is 2.20. The molecule has 9 nitrogen and oxygen atoms in total. The van der Waals surface area contributed by atoms with E-state index in [1.807, 2.05) is 0 Å². The Bertz CT molecular complexity index is 1100. The summed E-state index contributed by atoms with van der Waals surface area (Å²) in [5.74, 6) is 0.469. The molecule has 0 aliphatic carbocycles. The van der Waals surface area contributed by atoms with Crippen molar-refractivity contribution < 1.29 is 13.7 Å². The van der Waals surface area contributed by atoms with Gasteiger partial charge in [-0.15, -0.1) is 0 Å². The SMILES string of the molecule is Cn1c(=O)[nH]c2cc(-c3noc(CNC(=O)c4ccco4)n3)ccc21. The maximum absolute atomic E-state index is 11.8. The molecule has 0 spiro atoms. The molecule has 0 aliphatic heterocycles. The molecule has 3 aromatic heterocycles. The van der Waals surface area contributed by atoms with Crippen LogP contribution in [0.15, 0.2) is 50.3 Å². The van der Waals surface area contributed by atoms with Gasteiger partial charge in [-0.25, -0.2) is 4.79 Å². The van der Waals surface area contributed by atoms with E-state index < -0.39 is 0 Å². The molecule has 9 heteroatoms. The summed E-state index contributed by atoms with van der Waals surface area (Å²) in [6, 6.07) is 8.56. The molecule has 1 aromatic carbocycles. The van der Waals surface area contributed by atoms with Crippen LogP contribution in [0.1, 0.15) is 16.4 Å². The van der Waals surface area contributed by atoms with Crippen LogP contribution in [-0.4, -0.2) is 25.6 Å². The third-order valence-electron chi connectivity index (χ3n) is 3.78. The van der Waals surface area contributed by atoms with Gasteiger partial charge < -0.3 is 19.2 Å². The van der Waals surface area contributed by atoms with Gasteiger partial charge in [-0.3, -0.25) is 9.36 Å². The Morgan fingerprint density at radius 1 is 1.36 bits per heavy atom. The number of aromatic nitrogens is 4. The van der Waals surface area contributed by atoms with Crippen LogP contribution in [0.3, 0.4) is 0 Å². The first kappa shape index (κ1) is 14.9. The number of aromatic amines is 1. The number of fused-ring (bicyclic) bond motifs is 1. The molecule has 0 radical (unpaired) electrons. The largest absolute Gasteiger partial charge is 0.459 e. The van der Waals surface area contributed by atoms with E-state index in [4.69, 9.17) is 8.94 Å². The first-order chi connectivity index (χ1) is 12.1. The second-order valence-electron chi connectivity index (χ2n) is 5.39. The Morgan fingerprint density at radius 2 is 2.24 bits per heavy atom. The fraction of sp³-hybridized carbons (Fsp3) is 0.125. The lowest BCUT2D eigenvalue weighted by atomic mass is 10.2. The predicted molar refractivity (Wildman–Crippen MR) is 86.7 cm³/mol. The van der Waals surface area contributed by atoms with Crippen molar-refractivity contribution in [3.05, 3.63) is 58.7 Å². The molecule has 0 bridgehead atoms. The number of carbonyl (C=O) groups is 1. The summed E-state index contributed by atoms with van der Waals surface area (Å²) in [4.78, 5) is 30.5. The number of nitrogens with zero attached hydrogens (tertiary/aromatic N) is 3. The third kappa shape index (κ3) is 2.71. The van der Waals surface area contributed by atoms with Crippen molar-refractivity contribution in [2.24, 2.45) is 7.05 Å². The van der Waals surface area contributed by atoms with Crippen molar-refractivity contribution in [3.8, 4) is 11.4 Å². The number of rotatable bonds is 4. The van der Waals surface area contributed by atoms with Crippen molar-refractivity contribution in [2.45, 2.75) is 6.54 Å². The minimum absolute atomic E-state index is 0.0803. The van der Waals surface area contributed by atoms with Crippen molar-refractivity contribution in [1.82, 2.24) is 25.0 Å². The maximum atomic E-state index is 11.8. The second-order valence-corrected chi connectivity index (χ2v) is 5.39. The number of benzene rings is 1. The van der Waals surface area contributed by atoms with Gasteiger partial charge in [-0.05, 0) is 30.3 Å². The van der Waals surface area contributed by atoms with Crippen LogP contribution in [-0.2, 0) is 13.6 Å². The molecule has 3 heterocycles. The number of aryl methyl sites for hydroxylation is 1. The second kappa shape index (κ2) is 5.78. The summed E-state index contributed by atoms with van der Waals surface area (Å²) in [6.07, 6.45) is 1.42. The fourth-order valence-electron chi connectivity index (χ4n) is 2.47. The molecule has 1 amide bonds. The summed E-state index contributed by atoms with van der Waals surface area (Å²) < 4.78 is 11.7. The van der Waals surface area contributed by atoms with Gasteiger partial charge in [0.1, 0.15) is 0 Å². The Labute approximate surface area is 140 Å². The number of hydrogen-bond acceptors (Lipinski definition) is 6. The maximum Gasteiger partial charge on any atom is 0.326 e. The van der Waals surface area contributed by atoms with E-state index in [1.54, 1.807) is 37.4 Å². The smallest absolute Gasteiger partial charge is 0.326 e. The van der Waals surface area contributed by atoms with E-state index in [9.17, 15) is 9.59 Å². The molecule has 4 rings (SSSR count). The number of nitrogens with one attached hydrogen (secondary N) is 2. The predicted octanol–water partition coefficient (Wildman–Crippen LogP) is 1.44. The topological polar surface area (TPSA) is 119 Å². The average molecular weight is 339 g/mol. The Morgan fingerprint density at radius 3 is 3.04 bits per heavy atom. The van der Waals surface area contributed by atoms with Crippen molar-refractivity contribution >= 4 is 16.9 Å². The van der Waals surface area contributed by atoms with Crippen LogP contribution in [0.5, 0.6) is 0 Å². The first-order valence-electron chi connectivity index (χ1n) is 7.45. The number of imidazole rings is 1. The number of hydrogen-bond donors (Lipinski definition) is 2. The highest BCUT2D eigenvalue weighted by atomic mass is 16.5. The van der Waals surface area contributed by atoms with E-state index in [0.29, 0.717) is 16.9 Å². The summed E-state index contributed by atoms with van der Waals surface area (Å²) in [5.41, 5.74) is 1.97. The van der Waals surface area contributed by atoms with Crippen LogP contribution < -0.4 is 11.0 Å². The molecular weight excluding hydrogens is 326 g/mol. The molecule has 0 fully saturated rings. The van der Waals surface area contributed by atoms with E-state index in [2.05, 4.69) is 20.4 Å². The standard InChI is InChI=1S/C16H13N5O4/c1-21-11-5-4-9(7-10(11)18-16(21)23)14-19-13(25-20-14)8-17-15(22)12-3-2-6-24-12/h2-7H,8H2,1H3,(H,17,22)(H,18,23). The molecule has 4 aromatic rings. The molecule has 0 aliphatic rings. The zero-order valence-electron chi connectivity index (χ0n) is 13.1. The molecular formula is C16H13N5O4. The van der Waals surface area contributed by atoms with Crippen LogP contribution in [0, 0.1) is 0 Å². The molecule has 0 atom stereocenters. The molecule has 0 saturated carbocycles. The normalized spacial score (nSPS) is 11.1. The number of amides is 1. The highest BCUT2D eigenvalue weighted by molar-refractivity contribution is 5.91. The number of carbonyl (C=O) groups excluding carboxylic acids is 1. The van der Waals surface area contributed by atoms with E-state index >= 15 is 0 Å². The zero-order valence-corrected chi connectivity index (χ0v) is 13.1. The fourth-order valence-corrected chi connectivity index (χ4v) is 2.47. The van der Waals surface area contributed by atoms with Gasteiger partial charge in [0.05, 0.1) is 23.8 Å². The first-order valence-corrected chi connectivity index (χ1v) is 7.45. The van der Waals surface area contributed by atoms with E-state index in [-0.39, 0.29) is 29.8 Å². The quantitative estimate of drug-likeness (QED) is 0.581. The Kier molecular flexibility index (Phi) is 3.46. The lowest BCUT2D eigenvalue weighted by Gasteiger charge is -1.98. The molecule has 2 N–H and O–H groups in total. The summed E-state index contributed by atoms with van der Waals surface area (Å²) in [6.45, 7) is 0.0803. The van der Waals surface area contributed by atoms with Crippen LogP contribution in [0.25, 0.3) is 22.4 Å². The van der Waals surface area contributed by atoms with Crippen molar-refractivity contribution in [1.29, 1.82) is 0 Å². The van der Waals surface area contributed by atoms with Crippen molar-refractivity contribution in [3.63, 3.8) is 0 Å². The minimum Gasteiger partial charge on any atom is -0.459 e. The van der Waals surface area contributed by atoms with Gasteiger partial charge in [0.15, 0.2) is 5.76 Å². The number of H-pyrrole nitrogens is 1. The lowest BCUT2D eigenvalue weighted by Crippen LogP contribution is -2.22. The molecule has 0 unspecified atom stereocenters. The van der Waals surface area contributed by atoms with Gasteiger partial charge in [0.2, 0.25) is 11.7 Å². The van der Waals surface area contributed by atoms with Gasteiger partial charge in [0, 0.05) is 12.6 Å². The molecule has 126 valence electrons. The lowest BCUT2D eigenvalue weighted by molar-refractivity contribution is 0.0918. The molecule has 0 saturated heterocycles. The summed E-state index contributed by atoms with van der Waals surface area (Å²) >= 11 is 0. The minimum atomic E-state index is -0.368. The van der Waals surface area contributed by atoms with Crippen LogP contribution >= 0.6 is 0 Å². The number of furan rings is 1. The summed E-state index contributed by atoms with van der Waals surface area (Å²) in [7, 11) is 1.69. The van der Waals surface area contributed by atoms with E-state index in [1.165, 1.54) is 10.8 Å². The Hall–Kier alpha value is -3.62. The van der Waals surface area contributed by atoms with Crippen molar-refractivity contribution in [2.75, 3.05) is 0 Å². The van der Waals surface area contributed by atoms with Gasteiger partial charge >= 0.3 is 5.69 Å². The summed E-state index contributed by atoms with van der Waals surface area (Å²) in [5, 5.41) is 6.53. The Balaban J connectivity index is 1.53. The highest BCUT2D eigenvalue weighted by Gasteiger charge is 2.13.